The quantitative estimate of drug-likeness (QED) is 0.752. The third kappa shape index (κ3) is 3.97. The van der Waals surface area contributed by atoms with E-state index in [9.17, 15) is 0 Å². The summed E-state index contributed by atoms with van der Waals surface area (Å²) in [6, 6.07) is 0.350. The molecule has 0 saturated carbocycles. The molecule has 2 heteroatoms. The molecule has 2 unspecified atom stereocenters. The molecule has 2 nitrogen and oxygen atoms in total. The van der Waals surface area contributed by atoms with Gasteiger partial charge in [-0.1, -0.05) is 20.8 Å². The molecular weight excluding hydrogens is 172 g/mol. The molecule has 14 heavy (non-hydrogen) atoms. The first-order valence-electron chi connectivity index (χ1n) is 6.07. The molecule has 0 aromatic carbocycles. The largest absolute Gasteiger partial charge is 0.326 e. The van der Waals surface area contributed by atoms with Gasteiger partial charge in [0.25, 0.3) is 0 Å². The van der Waals surface area contributed by atoms with Crippen LogP contribution in [-0.4, -0.2) is 30.6 Å². The van der Waals surface area contributed by atoms with Gasteiger partial charge in [0, 0.05) is 12.6 Å². The van der Waals surface area contributed by atoms with E-state index in [0.717, 1.165) is 12.5 Å². The maximum atomic E-state index is 6.09. The zero-order valence-corrected chi connectivity index (χ0v) is 10.00. The Hall–Kier alpha value is -0.0800. The summed E-state index contributed by atoms with van der Waals surface area (Å²) in [6.07, 6.45) is 4.10. The summed E-state index contributed by atoms with van der Waals surface area (Å²) >= 11 is 0. The summed E-state index contributed by atoms with van der Waals surface area (Å²) < 4.78 is 0. The van der Waals surface area contributed by atoms with Crippen LogP contribution in [-0.2, 0) is 0 Å². The Morgan fingerprint density at radius 1 is 1.29 bits per heavy atom. The van der Waals surface area contributed by atoms with Crippen LogP contribution < -0.4 is 5.73 Å². The monoisotopic (exact) mass is 198 g/mol. The predicted molar refractivity (Wildman–Crippen MR) is 62.3 cm³/mol. The third-order valence-electron chi connectivity index (χ3n) is 3.43. The van der Waals surface area contributed by atoms with Gasteiger partial charge in [0.2, 0.25) is 0 Å². The highest BCUT2D eigenvalue weighted by atomic mass is 15.1. The maximum absolute atomic E-state index is 6.09. The second kappa shape index (κ2) is 5.72. The molecule has 1 aliphatic rings. The van der Waals surface area contributed by atoms with Crippen LogP contribution in [0.5, 0.6) is 0 Å². The molecule has 0 aromatic heterocycles. The zero-order chi connectivity index (χ0) is 10.6. The lowest BCUT2D eigenvalue weighted by atomic mass is 10.0. The Bertz CT molecular complexity index is 156. The lowest BCUT2D eigenvalue weighted by Gasteiger charge is -2.25. The average molecular weight is 198 g/mol. The van der Waals surface area contributed by atoms with Crippen molar-refractivity contribution in [3.63, 3.8) is 0 Å². The minimum Gasteiger partial charge on any atom is -0.326 e. The fourth-order valence-corrected chi connectivity index (χ4v) is 2.01. The molecule has 0 amide bonds. The van der Waals surface area contributed by atoms with Crippen LogP contribution in [0.3, 0.4) is 0 Å². The van der Waals surface area contributed by atoms with Crippen molar-refractivity contribution < 1.29 is 0 Å². The Morgan fingerprint density at radius 2 is 2.00 bits per heavy atom. The second-order valence-electron chi connectivity index (χ2n) is 5.24. The SMILES string of the molecule is CC1CCCN(CC(N)C(C)C)CC1. The van der Waals surface area contributed by atoms with Crippen molar-refractivity contribution in [1.82, 2.24) is 4.90 Å². The number of nitrogens with two attached hydrogens (primary N) is 1. The van der Waals surface area contributed by atoms with Crippen LogP contribution >= 0.6 is 0 Å². The van der Waals surface area contributed by atoms with Gasteiger partial charge in [-0.05, 0) is 44.2 Å². The molecule has 2 N–H and O–H groups in total. The molecular formula is C12H26N2. The van der Waals surface area contributed by atoms with Crippen molar-refractivity contribution in [3.8, 4) is 0 Å². The summed E-state index contributed by atoms with van der Waals surface area (Å²) in [6.45, 7) is 10.4. The fourth-order valence-electron chi connectivity index (χ4n) is 2.01. The standard InChI is InChI=1S/C12H26N2/c1-10(2)12(13)9-14-7-4-5-11(3)6-8-14/h10-12H,4-9,13H2,1-3H3. The Morgan fingerprint density at radius 3 is 2.64 bits per heavy atom. The molecule has 0 aliphatic carbocycles. The topological polar surface area (TPSA) is 29.3 Å². The summed E-state index contributed by atoms with van der Waals surface area (Å²) in [7, 11) is 0. The van der Waals surface area contributed by atoms with Crippen LogP contribution in [0.1, 0.15) is 40.0 Å². The van der Waals surface area contributed by atoms with Crippen molar-refractivity contribution in [2.45, 2.75) is 46.1 Å². The van der Waals surface area contributed by atoms with E-state index in [4.69, 9.17) is 5.73 Å². The molecule has 0 aromatic rings. The van der Waals surface area contributed by atoms with Crippen LogP contribution in [0.25, 0.3) is 0 Å². The average Bonchev–Trinajstić information content (AvgIpc) is 2.31. The summed E-state index contributed by atoms with van der Waals surface area (Å²) in [5.74, 6) is 1.52. The lowest BCUT2D eigenvalue weighted by molar-refractivity contribution is 0.244. The number of rotatable bonds is 3. The summed E-state index contributed by atoms with van der Waals surface area (Å²) in [4.78, 5) is 2.55. The molecule has 2 atom stereocenters. The van der Waals surface area contributed by atoms with E-state index < -0.39 is 0 Å². The van der Waals surface area contributed by atoms with Gasteiger partial charge < -0.3 is 10.6 Å². The summed E-state index contributed by atoms with van der Waals surface area (Å²) in [5, 5.41) is 0. The Balaban J connectivity index is 2.30. The molecule has 1 heterocycles. The van der Waals surface area contributed by atoms with E-state index in [0.29, 0.717) is 12.0 Å². The fraction of sp³-hybridized carbons (Fsp3) is 1.00. The molecule has 1 saturated heterocycles. The molecule has 0 radical (unpaired) electrons. The Kier molecular flexibility index (Phi) is 4.90. The van der Waals surface area contributed by atoms with E-state index in [1.54, 1.807) is 0 Å². The molecule has 1 fully saturated rings. The predicted octanol–water partition coefficient (Wildman–Crippen LogP) is 2.09. The number of likely N-dealkylation sites (tertiary alicyclic amines) is 1. The van der Waals surface area contributed by atoms with E-state index in [2.05, 4.69) is 25.7 Å². The highest BCUT2D eigenvalue weighted by Gasteiger charge is 2.17. The van der Waals surface area contributed by atoms with E-state index in [1.165, 1.54) is 32.4 Å². The van der Waals surface area contributed by atoms with Gasteiger partial charge in [0.1, 0.15) is 0 Å². The van der Waals surface area contributed by atoms with Gasteiger partial charge in [-0.15, -0.1) is 0 Å². The smallest absolute Gasteiger partial charge is 0.0191 e. The molecule has 1 rings (SSSR count). The van der Waals surface area contributed by atoms with E-state index in [1.807, 2.05) is 0 Å². The van der Waals surface area contributed by atoms with Crippen LogP contribution in [0.15, 0.2) is 0 Å². The highest BCUT2D eigenvalue weighted by Crippen LogP contribution is 2.16. The van der Waals surface area contributed by atoms with Gasteiger partial charge in [-0.25, -0.2) is 0 Å². The number of hydrogen-bond donors (Lipinski definition) is 1. The van der Waals surface area contributed by atoms with Crippen molar-refractivity contribution in [2.75, 3.05) is 19.6 Å². The number of nitrogens with zero attached hydrogens (tertiary/aromatic N) is 1. The molecule has 84 valence electrons. The van der Waals surface area contributed by atoms with Crippen LogP contribution in [0, 0.1) is 11.8 Å². The van der Waals surface area contributed by atoms with Crippen LogP contribution in [0.4, 0.5) is 0 Å². The van der Waals surface area contributed by atoms with Gasteiger partial charge in [-0.2, -0.15) is 0 Å². The normalized spacial score (nSPS) is 27.6. The van der Waals surface area contributed by atoms with Crippen molar-refractivity contribution in [1.29, 1.82) is 0 Å². The van der Waals surface area contributed by atoms with Gasteiger partial charge in [-0.3, -0.25) is 0 Å². The van der Waals surface area contributed by atoms with Gasteiger partial charge in [0.05, 0.1) is 0 Å². The minimum atomic E-state index is 0.350. The first-order valence-corrected chi connectivity index (χ1v) is 6.07. The third-order valence-corrected chi connectivity index (χ3v) is 3.43. The van der Waals surface area contributed by atoms with Gasteiger partial charge in [0.15, 0.2) is 0 Å². The minimum absolute atomic E-state index is 0.350. The van der Waals surface area contributed by atoms with E-state index >= 15 is 0 Å². The lowest BCUT2D eigenvalue weighted by Crippen LogP contribution is -2.41. The molecule has 0 spiro atoms. The molecule has 0 bridgehead atoms. The first kappa shape index (κ1) is 12.0. The highest BCUT2D eigenvalue weighted by molar-refractivity contribution is 4.74. The van der Waals surface area contributed by atoms with Crippen molar-refractivity contribution in [2.24, 2.45) is 17.6 Å². The second-order valence-corrected chi connectivity index (χ2v) is 5.24. The van der Waals surface area contributed by atoms with Crippen molar-refractivity contribution >= 4 is 0 Å². The first-order chi connectivity index (χ1) is 6.59. The zero-order valence-electron chi connectivity index (χ0n) is 10.00. The van der Waals surface area contributed by atoms with Crippen molar-refractivity contribution in [3.05, 3.63) is 0 Å². The van der Waals surface area contributed by atoms with Gasteiger partial charge >= 0.3 is 0 Å². The molecule has 1 aliphatic heterocycles. The summed E-state index contributed by atoms with van der Waals surface area (Å²) in [5.41, 5.74) is 6.09. The van der Waals surface area contributed by atoms with Crippen LogP contribution in [0.2, 0.25) is 0 Å². The number of hydrogen-bond acceptors (Lipinski definition) is 2. The Labute approximate surface area is 88.8 Å². The maximum Gasteiger partial charge on any atom is 0.0191 e. The van der Waals surface area contributed by atoms with E-state index in [-0.39, 0.29) is 0 Å².